The number of benzene rings is 1. The molecule has 1 aromatic carbocycles. The minimum Gasteiger partial charge on any atom is -0.490 e. The van der Waals surface area contributed by atoms with E-state index in [2.05, 4.69) is 11.8 Å². The van der Waals surface area contributed by atoms with E-state index in [0.717, 1.165) is 45.0 Å². The van der Waals surface area contributed by atoms with Gasteiger partial charge in [0.2, 0.25) is 0 Å². The maximum absolute atomic E-state index is 12.9. The van der Waals surface area contributed by atoms with Gasteiger partial charge in [-0.15, -0.1) is 0 Å². The number of halogens is 3. The molecule has 0 saturated carbocycles. The van der Waals surface area contributed by atoms with Crippen molar-refractivity contribution in [3.8, 4) is 5.75 Å². The Kier molecular flexibility index (Phi) is 4.91. The summed E-state index contributed by atoms with van der Waals surface area (Å²) in [4.78, 5) is 2.33. The molecule has 1 aliphatic heterocycles. The second-order valence-corrected chi connectivity index (χ2v) is 5.15. The smallest absolute Gasteiger partial charge is 0.419 e. The van der Waals surface area contributed by atoms with Crippen LogP contribution >= 0.6 is 0 Å². The molecule has 2 nitrogen and oxygen atoms in total. The van der Waals surface area contributed by atoms with Gasteiger partial charge in [-0.3, -0.25) is 0 Å². The molecule has 0 unspecified atom stereocenters. The molecule has 0 N–H and O–H groups in total. The zero-order valence-corrected chi connectivity index (χ0v) is 11.6. The number of nitrogens with zero attached hydrogens (tertiary/aromatic N) is 1. The Morgan fingerprint density at radius 2 is 1.85 bits per heavy atom. The lowest BCUT2D eigenvalue weighted by Crippen LogP contribution is -2.38. The van der Waals surface area contributed by atoms with Crippen LogP contribution in [0.1, 0.15) is 31.7 Å². The Balaban J connectivity index is 1.98. The summed E-state index contributed by atoms with van der Waals surface area (Å²) in [6.45, 7) is 4.97. The molecule has 0 radical (unpaired) electrons. The minimum absolute atomic E-state index is 0.0473. The summed E-state index contributed by atoms with van der Waals surface area (Å²) in [5.41, 5.74) is -0.684. The number of hydrogen-bond donors (Lipinski definition) is 0. The zero-order chi connectivity index (χ0) is 14.6. The van der Waals surface area contributed by atoms with Crippen LogP contribution in [0.25, 0.3) is 0 Å². The fraction of sp³-hybridized carbons (Fsp3) is 0.600. The number of likely N-dealkylation sites (tertiary alicyclic amines) is 1. The fourth-order valence-corrected chi connectivity index (χ4v) is 2.55. The Labute approximate surface area is 117 Å². The summed E-state index contributed by atoms with van der Waals surface area (Å²) >= 11 is 0. The van der Waals surface area contributed by atoms with Crippen LogP contribution in [-0.4, -0.2) is 30.6 Å². The lowest BCUT2D eigenvalue weighted by Gasteiger charge is -2.32. The van der Waals surface area contributed by atoms with Crippen molar-refractivity contribution < 1.29 is 17.9 Å². The van der Waals surface area contributed by atoms with Gasteiger partial charge in [-0.1, -0.05) is 19.1 Å². The van der Waals surface area contributed by atoms with Crippen molar-refractivity contribution >= 4 is 0 Å². The minimum atomic E-state index is -4.36. The molecule has 20 heavy (non-hydrogen) atoms. The molecule has 1 fully saturated rings. The van der Waals surface area contributed by atoms with Gasteiger partial charge in [0.1, 0.15) is 11.9 Å². The lowest BCUT2D eigenvalue weighted by atomic mass is 10.1. The maximum atomic E-state index is 12.9. The van der Waals surface area contributed by atoms with Crippen molar-refractivity contribution in [3.63, 3.8) is 0 Å². The number of para-hydroxylation sites is 1. The first kappa shape index (κ1) is 15.2. The highest BCUT2D eigenvalue weighted by Crippen LogP contribution is 2.36. The van der Waals surface area contributed by atoms with Crippen molar-refractivity contribution in [2.24, 2.45) is 0 Å². The van der Waals surface area contributed by atoms with Gasteiger partial charge in [0.15, 0.2) is 0 Å². The van der Waals surface area contributed by atoms with Crippen molar-refractivity contribution in [2.75, 3.05) is 19.6 Å². The standard InChI is InChI=1S/C15H20F3NO/c1-2-9-19-10-7-12(8-11-19)20-14-6-4-3-5-13(14)15(16,17)18/h3-6,12H,2,7-11H2,1H3. The summed E-state index contributed by atoms with van der Waals surface area (Å²) in [6, 6.07) is 5.44. The number of rotatable bonds is 4. The zero-order valence-electron chi connectivity index (χ0n) is 11.6. The van der Waals surface area contributed by atoms with E-state index >= 15 is 0 Å². The molecule has 2 rings (SSSR count). The van der Waals surface area contributed by atoms with Gasteiger partial charge in [-0.05, 0) is 37.9 Å². The quantitative estimate of drug-likeness (QED) is 0.831. The molecule has 0 spiro atoms. The molecular formula is C15H20F3NO. The van der Waals surface area contributed by atoms with Gasteiger partial charge in [0.25, 0.3) is 0 Å². The number of piperidine rings is 1. The molecule has 5 heteroatoms. The summed E-state index contributed by atoms with van der Waals surface area (Å²) in [6.07, 6.45) is -1.81. The summed E-state index contributed by atoms with van der Waals surface area (Å²) in [5, 5.41) is 0. The van der Waals surface area contributed by atoms with Crippen LogP contribution in [0.4, 0.5) is 13.2 Å². The Morgan fingerprint density at radius 1 is 1.20 bits per heavy atom. The molecule has 0 aliphatic carbocycles. The van der Waals surface area contributed by atoms with E-state index in [0.29, 0.717) is 0 Å². The van der Waals surface area contributed by atoms with Crippen molar-refractivity contribution in [2.45, 2.75) is 38.5 Å². The van der Waals surface area contributed by atoms with Crippen LogP contribution in [0.3, 0.4) is 0 Å². The van der Waals surface area contributed by atoms with E-state index < -0.39 is 11.7 Å². The van der Waals surface area contributed by atoms with Crippen LogP contribution in [0.2, 0.25) is 0 Å². The van der Waals surface area contributed by atoms with Crippen LogP contribution in [-0.2, 0) is 6.18 Å². The van der Waals surface area contributed by atoms with E-state index in [4.69, 9.17) is 4.74 Å². The predicted octanol–water partition coefficient (Wildman–Crippen LogP) is 3.96. The second-order valence-electron chi connectivity index (χ2n) is 5.15. The van der Waals surface area contributed by atoms with Gasteiger partial charge in [-0.2, -0.15) is 13.2 Å². The Hall–Kier alpha value is -1.23. The lowest BCUT2D eigenvalue weighted by molar-refractivity contribution is -0.139. The van der Waals surface area contributed by atoms with Crippen LogP contribution in [0.5, 0.6) is 5.75 Å². The SMILES string of the molecule is CCCN1CCC(Oc2ccccc2C(F)(F)F)CC1. The van der Waals surface area contributed by atoms with E-state index in [-0.39, 0.29) is 11.9 Å². The molecule has 1 aliphatic rings. The van der Waals surface area contributed by atoms with Crippen LogP contribution in [0, 0.1) is 0 Å². The van der Waals surface area contributed by atoms with E-state index in [1.165, 1.54) is 12.1 Å². The number of ether oxygens (including phenoxy) is 1. The molecule has 1 aromatic rings. The van der Waals surface area contributed by atoms with Crippen molar-refractivity contribution in [3.05, 3.63) is 29.8 Å². The van der Waals surface area contributed by atoms with Crippen LogP contribution < -0.4 is 4.74 Å². The first-order valence-electron chi connectivity index (χ1n) is 7.06. The number of hydrogen-bond acceptors (Lipinski definition) is 2. The summed E-state index contributed by atoms with van der Waals surface area (Å²) in [5.74, 6) is -0.0473. The van der Waals surface area contributed by atoms with Crippen molar-refractivity contribution in [1.29, 1.82) is 0 Å². The fourth-order valence-electron chi connectivity index (χ4n) is 2.55. The first-order valence-corrected chi connectivity index (χ1v) is 7.06. The normalized spacial score (nSPS) is 18.2. The third-order valence-electron chi connectivity index (χ3n) is 3.56. The Morgan fingerprint density at radius 3 is 2.45 bits per heavy atom. The highest BCUT2D eigenvalue weighted by atomic mass is 19.4. The molecule has 0 bridgehead atoms. The molecule has 1 heterocycles. The monoisotopic (exact) mass is 287 g/mol. The van der Waals surface area contributed by atoms with Gasteiger partial charge in [0, 0.05) is 13.1 Å². The average molecular weight is 287 g/mol. The summed E-state index contributed by atoms with van der Waals surface area (Å²) in [7, 11) is 0. The second kappa shape index (κ2) is 6.48. The topological polar surface area (TPSA) is 12.5 Å². The van der Waals surface area contributed by atoms with Crippen molar-refractivity contribution in [1.82, 2.24) is 4.90 Å². The van der Waals surface area contributed by atoms with Gasteiger partial charge in [-0.25, -0.2) is 0 Å². The van der Waals surface area contributed by atoms with Gasteiger partial charge >= 0.3 is 6.18 Å². The summed E-state index contributed by atoms with van der Waals surface area (Å²) < 4.78 is 44.2. The molecule has 0 aromatic heterocycles. The highest BCUT2D eigenvalue weighted by Gasteiger charge is 2.34. The molecule has 0 atom stereocenters. The van der Waals surface area contributed by atoms with Crippen LogP contribution in [0.15, 0.2) is 24.3 Å². The number of alkyl halides is 3. The molecule has 1 saturated heterocycles. The van der Waals surface area contributed by atoms with E-state index in [1.807, 2.05) is 0 Å². The molecule has 112 valence electrons. The first-order chi connectivity index (χ1) is 9.50. The third-order valence-corrected chi connectivity index (χ3v) is 3.56. The largest absolute Gasteiger partial charge is 0.490 e. The van der Waals surface area contributed by atoms with E-state index in [9.17, 15) is 13.2 Å². The maximum Gasteiger partial charge on any atom is 0.419 e. The third kappa shape index (κ3) is 3.88. The molecule has 0 amide bonds. The Bertz CT molecular complexity index is 425. The highest BCUT2D eigenvalue weighted by molar-refractivity contribution is 5.35. The van der Waals surface area contributed by atoms with Gasteiger partial charge in [0.05, 0.1) is 5.56 Å². The van der Waals surface area contributed by atoms with E-state index in [1.54, 1.807) is 6.07 Å². The average Bonchev–Trinajstić information content (AvgIpc) is 2.41. The predicted molar refractivity (Wildman–Crippen MR) is 71.8 cm³/mol. The van der Waals surface area contributed by atoms with Gasteiger partial charge < -0.3 is 9.64 Å². The molecular weight excluding hydrogens is 267 g/mol.